The standard InChI is InChI=1S/C14H15ClFNS/c1-9(11-5-6-18-8-11)17-10(2)13-4-3-12(16)7-14(13)15/h3-10,17H,1-2H3. The third-order valence-corrected chi connectivity index (χ3v) is 4.00. The summed E-state index contributed by atoms with van der Waals surface area (Å²) in [6.45, 7) is 4.14. The molecule has 0 aliphatic rings. The highest BCUT2D eigenvalue weighted by Crippen LogP contribution is 2.26. The van der Waals surface area contributed by atoms with Gasteiger partial charge in [0.25, 0.3) is 0 Å². The van der Waals surface area contributed by atoms with Crippen LogP contribution in [0.5, 0.6) is 0 Å². The fraction of sp³-hybridized carbons (Fsp3) is 0.286. The maximum absolute atomic E-state index is 13.0. The first-order valence-electron chi connectivity index (χ1n) is 5.81. The second-order valence-corrected chi connectivity index (χ2v) is 5.52. The average molecular weight is 284 g/mol. The number of halogens is 2. The number of nitrogens with one attached hydrogen (secondary N) is 1. The largest absolute Gasteiger partial charge is 0.304 e. The molecule has 0 amide bonds. The van der Waals surface area contributed by atoms with Crippen LogP contribution in [-0.4, -0.2) is 0 Å². The minimum absolute atomic E-state index is 0.0769. The fourth-order valence-corrected chi connectivity index (χ4v) is 3.02. The van der Waals surface area contributed by atoms with E-state index in [1.807, 2.05) is 6.92 Å². The molecule has 1 N–H and O–H groups in total. The van der Waals surface area contributed by atoms with E-state index in [2.05, 4.69) is 29.1 Å². The Balaban J connectivity index is 2.10. The minimum Gasteiger partial charge on any atom is -0.304 e. The molecule has 1 nitrogen and oxygen atoms in total. The molecule has 0 saturated heterocycles. The van der Waals surface area contributed by atoms with Crippen LogP contribution in [0.4, 0.5) is 4.39 Å². The highest BCUT2D eigenvalue weighted by molar-refractivity contribution is 7.07. The van der Waals surface area contributed by atoms with Crippen molar-refractivity contribution in [3.05, 3.63) is 57.0 Å². The summed E-state index contributed by atoms with van der Waals surface area (Å²) in [4.78, 5) is 0. The first-order valence-corrected chi connectivity index (χ1v) is 7.13. The molecule has 0 fully saturated rings. The monoisotopic (exact) mass is 283 g/mol. The van der Waals surface area contributed by atoms with Crippen molar-refractivity contribution in [1.29, 1.82) is 0 Å². The van der Waals surface area contributed by atoms with Gasteiger partial charge in [0, 0.05) is 17.1 Å². The summed E-state index contributed by atoms with van der Waals surface area (Å²) in [5.41, 5.74) is 2.17. The summed E-state index contributed by atoms with van der Waals surface area (Å²) in [5.74, 6) is -0.304. The van der Waals surface area contributed by atoms with Crippen molar-refractivity contribution in [3.63, 3.8) is 0 Å². The SMILES string of the molecule is CC(NC(C)c1ccc(F)cc1Cl)c1ccsc1. The van der Waals surface area contributed by atoms with Crippen molar-refractivity contribution in [2.45, 2.75) is 25.9 Å². The van der Waals surface area contributed by atoms with E-state index >= 15 is 0 Å². The highest BCUT2D eigenvalue weighted by Gasteiger charge is 2.14. The smallest absolute Gasteiger partial charge is 0.124 e. The summed E-state index contributed by atoms with van der Waals surface area (Å²) in [6, 6.07) is 6.94. The van der Waals surface area contributed by atoms with Gasteiger partial charge in [0.1, 0.15) is 5.82 Å². The predicted molar refractivity (Wildman–Crippen MR) is 75.7 cm³/mol. The van der Waals surface area contributed by atoms with Crippen molar-refractivity contribution < 1.29 is 4.39 Å². The maximum Gasteiger partial charge on any atom is 0.124 e. The number of hydrogen-bond acceptors (Lipinski definition) is 2. The Morgan fingerprint density at radius 2 is 2.00 bits per heavy atom. The van der Waals surface area contributed by atoms with Gasteiger partial charge in [-0.25, -0.2) is 4.39 Å². The van der Waals surface area contributed by atoms with Crippen LogP contribution in [0.1, 0.15) is 37.1 Å². The normalized spacial score (nSPS) is 14.4. The zero-order chi connectivity index (χ0) is 13.1. The van der Waals surface area contributed by atoms with Crippen molar-refractivity contribution in [2.75, 3.05) is 0 Å². The summed E-state index contributed by atoms with van der Waals surface area (Å²) >= 11 is 7.74. The van der Waals surface area contributed by atoms with Crippen LogP contribution in [0.3, 0.4) is 0 Å². The number of benzene rings is 1. The van der Waals surface area contributed by atoms with Crippen molar-refractivity contribution in [3.8, 4) is 0 Å². The quantitative estimate of drug-likeness (QED) is 0.837. The second kappa shape index (κ2) is 5.83. The van der Waals surface area contributed by atoms with Crippen LogP contribution in [0.2, 0.25) is 5.02 Å². The Kier molecular flexibility index (Phi) is 4.38. The van der Waals surface area contributed by atoms with E-state index in [0.29, 0.717) is 5.02 Å². The van der Waals surface area contributed by atoms with Gasteiger partial charge in [0.2, 0.25) is 0 Å². The highest BCUT2D eigenvalue weighted by atomic mass is 35.5. The Labute approximate surface area is 116 Å². The molecular formula is C14H15ClFNS. The van der Waals surface area contributed by atoms with Crippen molar-refractivity contribution in [1.82, 2.24) is 5.32 Å². The first-order chi connectivity index (χ1) is 8.58. The van der Waals surface area contributed by atoms with Crippen LogP contribution in [0, 0.1) is 5.82 Å². The second-order valence-electron chi connectivity index (χ2n) is 4.33. The molecule has 2 atom stereocenters. The first kappa shape index (κ1) is 13.5. The van der Waals surface area contributed by atoms with Crippen LogP contribution < -0.4 is 5.32 Å². The van der Waals surface area contributed by atoms with Crippen LogP contribution >= 0.6 is 22.9 Å². The number of rotatable bonds is 4. The molecule has 1 aromatic heterocycles. The molecule has 2 rings (SSSR count). The van der Waals surface area contributed by atoms with Gasteiger partial charge in [0.05, 0.1) is 0 Å². The molecule has 0 radical (unpaired) electrons. The van der Waals surface area contributed by atoms with Gasteiger partial charge in [-0.05, 0) is 53.9 Å². The summed E-state index contributed by atoms with van der Waals surface area (Å²) in [5, 5.41) is 8.10. The summed E-state index contributed by atoms with van der Waals surface area (Å²) in [6.07, 6.45) is 0. The van der Waals surface area contributed by atoms with E-state index < -0.39 is 0 Å². The third kappa shape index (κ3) is 3.10. The molecule has 2 aromatic rings. The van der Waals surface area contributed by atoms with Crippen LogP contribution in [0.25, 0.3) is 0 Å². The van der Waals surface area contributed by atoms with Gasteiger partial charge >= 0.3 is 0 Å². The van der Waals surface area contributed by atoms with Crippen molar-refractivity contribution in [2.24, 2.45) is 0 Å². The van der Waals surface area contributed by atoms with Gasteiger partial charge < -0.3 is 5.32 Å². The lowest BCUT2D eigenvalue weighted by molar-refractivity contribution is 0.495. The molecule has 1 heterocycles. The number of hydrogen-bond donors (Lipinski definition) is 1. The molecule has 0 aliphatic carbocycles. The molecule has 2 unspecified atom stereocenters. The van der Waals surface area contributed by atoms with E-state index in [4.69, 9.17) is 11.6 Å². The van der Waals surface area contributed by atoms with E-state index in [1.165, 1.54) is 17.7 Å². The van der Waals surface area contributed by atoms with E-state index in [9.17, 15) is 4.39 Å². The lowest BCUT2D eigenvalue weighted by atomic mass is 10.1. The Hall–Kier alpha value is -0.900. The van der Waals surface area contributed by atoms with E-state index in [0.717, 1.165) is 5.56 Å². The van der Waals surface area contributed by atoms with Crippen molar-refractivity contribution >= 4 is 22.9 Å². The summed E-state index contributed by atoms with van der Waals surface area (Å²) < 4.78 is 13.0. The molecule has 4 heteroatoms. The predicted octanol–water partition coefficient (Wildman–Crippen LogP) is 4.95. The van der Waals surface area contributed by atoms with Gasteiger partial charge in [-0.1, -0.05) is 17.7 Å². The van der Waals surface area contributed by atoms with E-state index in [1.54, 1.807) is 17.4 Å². The van der Waals surface area contributed by atoms with E-state index in [-0.39, 0.29) is 17.9 Å². The molecule has 96 valence electrons. The molecular weight excluding hydrogens is 269 g/mol. The third-order valence-electron chi connectivity index (χ3n) is 2.97. The molecule has 18 heavy (non-hydrogen) atoms. The van der Waals surface area contributed by atoms with Gasteiger partial charge in [0.15, 0.2) is 0 Å². The van der Waals surface area contributed by atoms with Gasteiger partial charge in [-0.2, -0.15) is 11.3 Å². The number of thiophene rings is 1. The van der Waals surface area contributed by atoms with Crippen LogP contribution in [0.15, 0.2) is 35.0 Å². The molecule has 0 saturated carbocycles. The topological polar surface area (TPSA) is 12.0 Å². The summed E-state index contributed by atoms with van der Waals surface area (Å²) in [7, 11) is 0. The molecule has 1 aromatic carbocycles. The van der Waals surface area contributed by atoms with Gasteiger partial charge in [-0.15, -0.1) is 0 Å². The van der Waals surface area contributed by atoms with Gasteiger partial charge in [-0.3, -0.25) is 0 Å². The molecule has 0 spiro atoms. The fourth-order valence-electron chi connectivity index (χ4n) is 1.94. The Bertz CT molecular complexity index is 513. The molecule has 0 aliphatic heterocycles. The molecule has 0 bridgehead atoms. The lowest BCUT2D eigenvalue weighted by Crippen LogP contribution is -2.22. The van der Waals surface area contributed by atoms with Crippen LogP contribution in [-0.2, 0) is 0 Å². The Morgan fingerprint density at radius 1 is 1.22 bits per heavy atom. The zero-order valence-electron chi connectivity index (χ0n) is 10.3. The maximum atomic E-state index is 13.0. The average Bonchev–Trinajstić information content (AvgIpc) is 2.81. The Morgan fingerprint density at radius 3 is 2.61 bits per heavy atom. The lowest BCUT2D eigenvalue weighted by Gasteiger charge is -2.20. The zero-order valence-corrected chi connectivity index (χ0v) is 11.9. The minimum atomic E-state index is -0.304.